The lowest BCUT2D eigenvalue weighted by Gasteiger charge is -2.29. The number of ether oxygens (including phenoxy) is 2. The van der Waals surface area contributed by atoms with Crippen LogP contribution in [0.1, 0.15) is 31.2 Å². The highest BCUT2D eigenvalue weighted by Gasteiger charge is 2.22. The van der Waals surface area contributed by atoms with Crippen LogP contribution in [0.25, 0.3) is 10.9 Å². The first-order chi connectivity index (χ1) is 16.1. The van der Waals surface area contributed by atoms with Crippen LogP contribution in [0.3, 0.4) is 0 Å². The monoisotopic (exact) mass is 449 g/mol. The van der Waals surface area contributed by atoms with E-state index in [0.29, 0.717) is 12.0 Å². The second kappa shape index (κ2) is 10.7. The van der Waals surface area contributed by atoms with Gasteiger partial charge in [-0.15, -0.1) is 0 Å². The number of benzene rings is 2. The molecule has 1 saturated carbocycles. The lowest BCUT2D eigenvalue weighted by atomic mass is 9.86. The zero-order valence-corrected chi connectivity index (χ0v) is 20.1. The van der Waals surface area contributed by atoms with E-state index >= 15 is 0 Å². The van der Waals surface area contributed by atoms with Crippen molar-refractivity contribution in [1.29, 1.82) is 0 Å². The SMILES string of the molecule is COc1cccc(CNC[C@H]2CC[C@@H](Nc3nc(N(C)C)c4ccccc4n3)CC2)c1OC. The van der Waals surface area contributed by atoms with E-state index in [1.165, 1.54) is 12.8 Å². The minimum atomic E-state index is 0.413. The Labute approximate surface area is 196 Å². The number of nitrogens with one attached hydrogen (secondary N) is 2. The van der Waals surface area contributed by atoms with E-state index in [-0.39, 0.29) is 0 Å². The van der Waals surface area contributed by atoms with E-state index in [9.17, 15) is 0 Å². The average molecular weight is 450 g/mol. The highest BCUT2D eigenvalue weighted by Crippen LogP contribution is 2.31. The number of nitrogens with zero attached hydrogens (tertiary/aromatic N) is 3. The zero-order chi connectivity index (χ0) is 23.2. The number of para-hydroxylation sites is 2. The first-order valence-electron chi connectivity index (χ1n) is 11.7. The van der Waals surface area contributed by atoms with Gasteiger partial charge in [0.2, 0.25) is 5.95 Å². The van der Waals surface area contributed by atoms with Crippen molar-refractivity contribution in [3.8, 4) is 11.5 Å². The highest BCUT2D eigenvalue weighted by atomic mass is 16.5. The lowest BCUT2D eigenvalue weighted by molar-refractivity contribution is 0.321. The van der Waals surface area contributed by atoms with E-state index in [2.05, 4.69) is 33.7 Å². The third-order valence-corrected chi connectivity index (χ3v) is 6.42. The third-order valence-electron chi connectivity index (χ3n) is 6.42. The number of fused-ring (bicyclic) bond motifs is 1. The van der Waals surface area contributed by atoms with Gasteiger partial charge < -0.3 is 25.0 Å². The summed E-state index contributed by atoms with van der Waals surface area (Å²) in [5.74, 6) is 3.94. The summed E-state index contributed by atoms with van der Waals surface area (Å²) in [6, 6.07) is 14.6. The van der Waals surface area contributed by atoms with Gasteiger partial charge in [0.1, 0.15) is 5.82 Å². The molecule has 3 aromatic rings. The molecule has 1 heterocycles. The predicted octanol–water partition coefficient (Wildman–Crippen LogP) is 4.47. The lowest BCUT2D eigenvalue weighted by Crippen LogP contribution is -2.31. The molecule has 1 fully saturated rings. The van der Waals surface area contributed by atoms with Gasteiger partial charge in [0.15, 0.2) is 11.5 Å². The Morgan fingerprint density at radius 2 is 1.73 bits per heavy atom. The normalized spacial score (nSPS) is 18.2. The molecular weight excluding hydrogens is 414 g/mol. The Morgan fingerprint density at radius 1 is 0.939 bits per heavy atom. The summed E-state index contributed by atoms with van der Waals surface area (Å²) in [5.41, 5.74) is 2.10. The maximum atomic E-state index is 5.54. The molecular formula is C26H35N5O2. The van der Waals surface area contributed by atoms with Crippen LogP contribution in [-0.4, -0.2) is 50.9 Å². The first-order valence-corrected chi connectivity index (χ1v) is 11.7. The van der Waals surface area contributed by atoms with Crippen LogP contribution in [0, 0.1) is 5.92 Å². The number of methoxy groups -OCH3 is 2. The van der Waals surface area contributed by atoms with Crippen LogP contribution in [0.2, 0.25) is 0 Å². The topological polar surface area (TPSA) is 71.5 Å². The molecule has 0 unspecified atom stereocenters. The molecule has 0 bridgehead atoms. The van der Waals surface area contributed by atoms with Crippen LogP contribution < -0.4 is 25.0 Å². The standard InChI is InChI=1S/C26H35N5O2/c1-31(2)25-21-9-5-6-10-22(21)29-26(30-25)28-20-14-12-18(13-15-20)16-27-17-19-8-7-11-23(32-3)24(19)33-4/h5-11,18,20,27H,12-17H2,1-4H3,(H,28,29,30)/t18-,20+. The number of hydrogen-bond donors (Lipinski definition) is 2. The van der Waals surface area contributed by atoms with E-state index in [1.54, 1.807) is 14.2 Å². The Balaban J connectivity index is 1.29. The van der Waals surface area contributed by atoms with Gasteiger partial charge in [-0.05, 0) is 56.3 Å². The molecule has 0 spiro atoms. The summed E-state index contributed by atoms with van der Waals surface area (Å²) in [5, 5.41) is 8.29. The molecule has 2 aromatic carbocycles. The molecule has 7 nitrogen and oxygen atoms in total. The molecule has 7 heteroatoms. The number of rotatable bonds is 9. The Morgan fingerprint density at radius 3 is 2.45 bits per heavy atom. The Hall–Kier alpha value is -3.06. The van der Waals surface area contributed by atoms with Gasteiger partial charge in [-0.25, -0.2) is 4.98 Å². The number of aromatic nitrogens is 2. The van der Waals surface area contributed by atoms with Gasteiger partial charge in [-0.2, -0.15) is 4.98 Å². The third kappa shape index (κ3) is 5.47. The van der Waals surface area contributed by atoms with E-state index in [4.69, 9.17) is 19.4 Å². The molecule has 1 aliphatic carbocycles. The Kier molecular flexibility index (Phi) is 7.50. The zero-order valence-electron chi connectivity index (χ0n) is 20.1. The molecule has 1 aromatic heterocycles. The van der Waals surface area contributed by atoms with Crippen molar-refractivity contribution < 1.29 is 9.47 Å². The summed E-state index contributed by atoms with van der Waals surface area (Å²) in [6.45, 7) is 1.78. The van der Waals surface area contributed by atoms with Crippen molar-refractivity contribution in [1.82, 2.24) is 15.3 Å². The van der Waals surface area contributed by atoms with Crippen LogP contribution in [0.15, 0.2) is 42.5 Å². The fraction of sp³-hybridized carbons (Fsp3) is 0.462. The van der Waals surface area contributed by atoms with Crippen molar-refractivity contribution in [2.75, 3.05) is 45.1 Å². The second-order valence-corrected chi connectivity index (χ2v) is 8.93. The van der Waals surface area contributed by atoms with Gasteiger partial charge in [-0.3, -0.25) is 0 Å². The largest absolute Gasteiger partial charge is 0.493 e. The van der Waals surface area contributed by atoms with E-state index in [1.807, 2.05) is 38.4 Å². The predicted molar refractivity (Wildman–Crippen MR) is 134 cm³/mol. The van der Waals surface area contributed by atoms with Crippen molar-refractivity contribution in [3.05, 3.63) is 48.0 Å². The summed E-state index contributed by atoms with van der Waals surface area (Å²) < 4.78 is 10.9. The number of hydrogen-bond acceptors (Lipinski definition) is 7. The molecule has 0 radical (unpaired) electrons. The van der Waals surface area contributed by atoms with Crippen molar-refractivity contribution in [3.63, 3.8) is 0 Å². The van der Waals surface area contributed by atoms with Gasteiger partial charge in [0.25, 0.3) is 0 Å². The smallest absolute Gasteiger partial charge is 0.225 e. The summed E-state index contributed by atoms with van der Waals surface area (Å²) in [6.07, 6.45) is 4.63. The Bertz CT molecular complexity index is 1060. The summed E-state index contributed by atoms with van der Waals surface area (Å²) >= 11 is 0. The molecule has 2 N–H and O–H groups in total. The molecule has 0 atom stereocenters. The summed E-state index contributed by atoms with van der Waals surface area (Å²) in [7, 11) is 7.41. The molecule has 4 rings (SSSR count). The molecule has 33 heavy (non-hydrogen) atoms. The quantitative estimate of drug-likeness (QED) is 0.499. The maximum absolute atomic E-state index is 5.54. The molecule has 0 aliphatic heterocycles. The van der Waals surface area contributed by atoms with E-state index in [0.717, 1.165) is 65.7 Å². The van der Waals surface area contributed by atoms with Crippen LogP contribution >= 0.6 is 0 Å². The van der Waals surface area contributed by atoms with Gasteiger partial charge >= 0.3 is 0 Å². The second-order valence-electron chi connectivity index (χ2n) is 8.93. The minimum absolute atomic E-state index is 0.413. The van der Waals surface area contributed by atoms with Crippen molar-refractivity contribution in [2.24, 2.45) is 5.92 Å². The van der Waals surface area contributed by atoms with Crippen LogP contribution in [-0.2, 0) is 6.54 Å². The van der Waals surface area contributed by atoms with E-state index < -0.39 is 0 Å². The molecule has 1 aliphatic rings. The van der Waals surface area contributed by atoms with Crippen LogP contribution in [0.4, 0.5) is 11.8 Å². The first kappa shape index (κ1) is 23.1. The average Bonchev–Trinajstić information content (AvgIpc) is 2.84. The maximum Gasteiger partial charge on any atom is 0.225 e. The van der Waals surface area contributed by atoms with Gasteiger partial charge in [-0.1, -0.05) is 24.3 Å². The highest BCUT2D eigenvalue weighted by molar-refractivity contribution is 5.90. The van der Waals surface area contributed by atoms with Crippen LogP contribution in [0.5, 0.6) is 11.5 Å². The van der Waals surface area contributed by atoms with Gasteiger partial charge in [0.05, 0.1) is 19.7 Å². The van der Waals surface area contributed by atoms with Crippen molar-refractivity contribution >= 4 is 22.7 Å². The summed E-state index contributed by atoms with van der Waals surface area (Å²) in [4.78, 5) is 11.6. The molecule has 176 valence electrons. The number of anilines is 2. The molecule has 0 amide bonds. The molecule has 0 saturated heterocycles. The van der Waals surface area contributed by atoms with Gasteiger partial charge in [0, 0.05) is 37.6 Å². The fourth-order valence-corrected chi connectivity index (χ4v) is 4.66. The van der Waals surface area contributed by atoms with Crippen molar-refractivity contribution in [2.45, 2.75) is 38.3 Å². The minimum Gasteiger partial charge on any atom is -0.493 e. The fourth-order valence-electron chi connectivity index (χ4n) is 4.66.